The molecule has 0 spiro atoms. The van der Waals surface area contributed by atoms with E-state index in [1.165, 1.54) is 0 Å². The average molecular weight is 265 g/mol. The minimum Gasteiger partial charge on any atom is -0.494 e. The van der Waals surface area contributed by atoms with Crippen LogP contribution in [0.15, 0.2) is 10.5 Å². The fourth-order valence-corrected chi connectivity index (χ4v) is 2.15. The summed E-state index contributed by atoms with van der Waals surface area (Å²) in [6.45, 7) is 0.203. The zero-order valence-electron chi connectivity index (χ0n) is 6.77. The van der Waals surface area contributed by atoms with Crippen LogP contribution in [0.1, 0.15) is 0 Å². The normalized spacial score (nSPS) is 13.2. The van der Waals surface area contributed by atoms with Gasteiger partial charge in [0.05, 0.1) is 11.6 Å². The van der Waals surface area contributed by atoms with Gasteiger partial charge in [-0.25, -0.2) is 0 Å². The van der Waals surface area contributed by atoms with Gasteiger partial charge in [0, 0.05) is 6.07 Å². The average Bonchev–Trinajstić information content (AvgIpc) is 2.53. The Hall–Kier alpha value is -0.610. The van der Waals surface area contributed by atoms with Crippen molar-refractivity contribution in [2.45, 2.75) is 0 Å². The number of rotatable bonds is 1. The molecule has 1 heterocycles. The molecule has 1 aliphatic heterocycles. The zero-order chi connectivity index (χ0) is 9.42. The molecule has 0 aliphatic carbocycles. The number of fused-ring (bicyclic) bond motifs is 1. The molecule has 1 aliphatic rings. The highest BCUT2D eigenvalue weighted by Crippen LogP contribution is 2.48. The van der Waals surface area contributed by atoms with Crippen molar-refractivity contribution in [1.82, 2.24) is 0 Å². The van der Waals surface area contributed by atoms with Crippen LogP contribution >= 0.6 is 27.5 Å². The molecule has 1 aromatic rings. The number of benzene rings is 1. The molecule has 0 radical (unpaired) electrons. The predicted octanol–water partition coefficient (Wildman–Crippen LogP) is 2.84. The third-order valence-corrected chi connectivity index (χ3v) is 2.65. The van der Waals surface area contributed by atoms with Crippen LogP contribution in [-0.2, 0) is 0 Å². The molecule has 0 fully saturated rings. The number of ether oxygens (including phenoxy) is 3. The summed E-state index contributed by atoms with van der Waals surface area (Å²) in [6.07, 6.45) is 0. The van der Waals surface area contributed by atoms with Gasteiger partial charge in [0.25, 0.3) is 0 Å². The fraction of sp³-hybridized carbons (Fsp3) is 0.250. The van der Waals surface area contributed by atoms with E-state index in [-0.39, 0.29) is 6.79 Å². The molecule has 0 bridgehead atoms. The van der Waals surface area contributed by atoms with Crippen LogP contribution in [0.2, 0.25) is 5.02 Å². The molecule has 0 saturated carbocycles. The summed E-state index contributed by atoms with van der Waals surface area (Å²) < 4.78 is 16.2. The number of methoxy groups -OCH3 is 1. The van der Waals surface area contributed by atoms with Crippen molar-refractivity contribution in [3.05, 3.63) is 15.6 Å². The summed E-state index contributed by atoms with van der Waals surface area (Å²) in [5.41, 5.74) is 0. The van der Waals surface area contributed by atoms with Crippen LogP contribution in [0.3, 0.4) is 0 Å². The van der Waals surface area contributed by atoms with Crippen LogP contribution in [0.4, 0.5) is 0 Å². The Morgan fingerprint density at radius 3 is 3.00 bits per heavy atom. The Balaban J connectivity index is 2.62. The van der Waals surface area contributed by atoms with E-state index in [0.29, 0.717) is 22.3 Å². The van der Waals surface area contributed by atoms with Crippen molar-refractivity contribution in [3.8, 4) is 17.2 Å². The lowest BCUT2D eigenvalue weighted by atomic mass is 10.3. The molecule has 0 aromatic heterocycles. The van der Waals surface area contributed by atoms with Crippen molar-refractivity contribution >= 4 is 27.5 Å². The number of hydrogen-bond acceptors (Lipinski definition) is 3. The maximum atomic E-state index is 6.00. The molecular formula is C8H6BrClO3. The van der Waals surface area contributed by atoms with E-state index in [4.69, 9.17) is 25.8 Å². The lowest BCUT2D eigenvalue weighted by Crippen LogP contribution is -1.93. The molecule has 0 N–H and O–H groups in total. The molecular weight excluding hydrogens is 259 g/mol. The van der Waals surface area contributed by atoms with Gasteiger partial charge in [0.15, 0.2) is 17.2 Å². The third kappa shape index (κ3) is 1.34. The van der Waals surface area contributed by atoms with Gasteiger partial charge in [-0.2, -0.15) is 0 Å². The largest absolute Gasteiger partial charge is 0.494 e. The van der Waals surface area contributed by atoms with E-state index < -0.39 is 0 Å². The minimum absolute atomic E-state index is 0.203. The highest BCUT2D eigenvalue weighted by molar-refractivity contribution is 9.10. The summed E-state index contributed by atoms with van der Waals surface area (Å²) >= 11 is 9.32. The highest BCUT2D eigenvalue weighted by Gasteiger charge is 2.22. The molecule has 0 atom stereocenters. The lowest BCUT2D eigenvalue weighted by Gasteiger charge is -2.07. The molecule has 0 unspecified atom stereocenters. The van der Waals surface area contributed by atoms with Crippen molar-refractivity contribution < 1.29 is 14.2 Å². The monoisotopic (exact) mass is 264 g/mol. The Labute approximate surface area is 88.7 Å². The summed E-state index contributed by atoms with van der Waals surface area (Å²) in [5.74, 6) is 1.74. The van der Waals surface area contributed by atoms with Gasteiger partial charge >= 0.3 is 0 Å². The summed E-state index contributed by atoms with van der Waals surface area (Å²) in [6, 6.07) is 1.77. The second-order valence-corrected chi connectivity index (χ2v) is 3.67. The Bertz CT molecular complexity index is 350. The predicted molar refractivity (Wildman–Crippen MR) is 51.8 cm³/mol. The topological polar surface area (TPSA) is 27.7 Å². The standard InChI is InChI=1S/C8H6BrClO3/c1-11-7-4(9)2-5-8(6(7)10)13-3-12-5/h2H,3H2,1H3. The van der Waals surface area contributed by atoms with E-state index in [1.807, 2.05) is 0 Å². The first kappa shape index (κ1) is 8.97. The summed E-state index contributed by atoms with van der Waals surface area (Å²) in [7, 11) is 1.55. The number of hydrogen-bond donors (Lipinski definition) is 0. The molecule has 0 amide bonds. The van der Waals surface area contributed by atoms with E-state index in [1.54, 1.807) is 13.2 Å². The van der Waals surface area contributed by atoms with E-state index >= 15 is 0 Å². The van der Waals surface area contributed by atoms with Crippen LogP contribution in [0.25, 0.3) is 0 Å². The van der Waals surface area contributed by atoms with Gasteiger partial charge in [0.1, 0.15) is 5.02 Å². The van der Waals surface area contributed by atoms with E-state index in [9.17, 15) is 0 Å². The fourth-order valence-electron chi connectivity index (χ4n) is 1.14. The molecule has 2 rings (SSSR count). The second-order valence-electron chi connectivity index (χ2n) is 2.44. The maximum absolute atomic E-state index is 6.00. The van der Waals surface area contributed by atoms with Crippen molar-refractivity contribution in [3.63, 3.8) is 0 Å². The molecule has 70 valence electrons. The Morgan fingerprint density at radius 2 is 2.31 bits per heavy atom. The first-order valence-electron chi connectivity index (χ1n) is 3.55. The summed E-state index contributed by atoms with van der Waals surface area (Å²) in [4.78, 5) is 0. The van der Waals surface area contributed by atoms with Crippen LogP contribution in [0.5, 0.6) is 17.2 Å². The van der Waals surface area contributed by atoms with E-state index in [2.05, 4.69) is 15.9 Å². The highest BCUT2D eigenvalue weighted by atomic mass is 79.9. The van der Waals surface area contributed by atoms with E-state index in [0.717, 1.165) is 4.47 Å². The van der Waals surface area contributed by atoms with Crippen molar-refractivity contribution in [1.29, 1.82) is 0 Å². The molecule has 5 heteroatoms. The third-order valence-electron chi connectivity index (χ3n) is 1.72. The zero-order valence-corrected chi connectivity index (χ0v) is 9.11. The molecule has 3 nitrogen and oxygen atoms in total. The van der Waals surface area contributed by atoms with Gasteiger partial charge in [0.2, 0.25) is 6.79 Å². The molecule has 13 heavy (non-hydrogen) atoms. The SMILES string of the molecule is COc1c(Br)cc2c(c1Cl)OCO2. The quantitative estimate of drug-likeness (QED) is 0.781. The van der Waals surface area contributed by atoms with Crippen molar-refractivity contribution in [2.24, 2.45) is 0 Å². The Kier molecular flexibility index (Phi) is 2.26. The first-order chi connectivity index (χ1) is 6.24. The first-order valence-corrected chi connectivity index (χ1v) is 4.72. The number of halogens is 2. The molecule has 1 aromatic carbocycles. The van der Waals surface area contributed by atoms with Crippen LogP contribution in [0, 0.1) is 0 Å². The Morgan fingerprint density at radius 1 is 1.54 bits per heavy atom. The molecule has 0 saturated heterocycles. The second kappa shape index (κ2) is 3.27. The van der Waals surface area contributed by atoms with Gasteiger partial charge in [-0.15, -0.1) is 0 Å². The lowest BCUT2D eigenvalue weighted by molar-refractivity contribution is 0.174. The van der Waals surface area contributed by atoms with Crippen LogP contribution < -0.4 is 14.2 Å². The van der Waals surface area contributed by atoms with Gasteiger partial charge in [-0.05, 0) is 15.9 Å². The van der Waals surface area contributed by atoms with Gasteiger partial charge in [-0.1, -0.05) is 11.6 Å². The summed E-state index contributed by atoms with van der Waals surface area (Å²) in [5, 5.41) is 0.435. The van der Waals surface area contributed by atoms with Crippen molar-refractivity contribution in [2.75, 3.05) is 13.9 Å². The minimum atomic E-state index is 0.203. The van der Waals surface area contributed by atoms with Gasteiger partial charge in [-0.3, -0.25) is 0 Å². The van der Waals surface area contributed by atoms with Gasteiger partial charge < -0.3 is 14.2 Å². The maximum Gasteiger partial charge on any atom is 0.231 e. The smallest absolute Gasteiger partial charge is 0.231 e. The van der Waals surface area contributed by atoms with Crippen LogP contribution in [-0.4, -0.2) is 13.9 Å².